The summed E-state index contributed by atoms with van der Waals surface area (Å²) >= 11 is 0. The lowest BCUT2D eigenvalue weighted by atomic mass is 9.70. The van der Waals surface area contributed by atoms with E-state index in [1.54, 1.807) is 12.1 Å². The number of hydrogen-bond donors (Lipinski definition) is 1. The molecule has 1 N–H and O–H groups in total. The van der Waals surface area contributed by atoms with Crippen LogP contribution in [0.2, 0.25) is 0 Å². The van der Waals surface area contributed by atoms with Crippen LogP contribution in [-0.4, -0.2) is 42.4 Å². The minimum absolute atomic E-state index is 0.133. The molecule has 0 heterocycles. The molecule has 152 valence electrons. The molecule has 1 aliphatic rings. The number of nitrogens with zero attached hydrogens (tertiary/aromatic N) is 1. The minimum Gasteiger partial charge on any atom is -0.389 e. The van der Waals surface area contributed by atoms with Crippen LogP contribution in [0.15, 0.2) is 54.6 Å². The van der Waals surface area contributed by atoms with E-state index in [1.807, 2.05) is 6.07 Å². The van der Waals surface area contributed by atoms with Gasteiger partial charge in [-0.3, -0.25) is 0 Å². The van der Waals surface area contributed by atoms with E-state index < -0.39 is 5.60 Å². The van der Waals surface area contributed by atoms with Gasteiger partial charge in [-0.25, -0.2) is 4.39 Å². The molecule has 0 saturated heterocycles. The van der Waals surface area contributed by atoms with E-state index in [9.17, 15) is 9.50 Å². The van der Waals surface area contributed by atoms with Crippen molar-refractivity contribution in [3.8, 4) is 0 Å². The van der Waals surface area contributed by atoms with Crippen LogP contribution in [0.1, 0.15) is 49.1 Å². The van der Waals surface area contributed by atoms with Crippen LogP contribution in [0.25, 0.3) is 0 Å². The van der Waals surface area contributed by atoms with Gasteiger partial charge in [0.15, 0.2) is 0 Å². The van der Waals surface area contributed by atoms with Gasteiger partial charge in [-0.1, -0.05) is 42.5 Å². The van der Waals surface area contributed by atoms with Crippen molar-refractivity contribution in [2.75, 3.05) is 20.6 Å². The smallest absolute Gasteiger partial charge is 0.123 e. The molecule has 0 bridgehead atoms. The van der Waals surface area contributed by atoms with Crippen molar-refractivity contribution < 1.29 is 14.2 Å². The lowest BCUT2D eigenvalue weighted by molar-refractivity contribution is -0.0759. The van der Waals surface area contributed by atoms with E-state index in [2.05, 4.69) is 43.3 Å². The van der Waals surface area contributed by atoms with Crippen molar-refractivity contribution in [1.82, 2.24) is 4.90 Å². The highest BCUT2D eigenvalue weighted by Crippen LogP contribution is 2.42. The first-order chi connectivity index (χ1) is 13.5. The second kappa shape index (κ2) is 9.64. The lowest BCUT2D eigenvalue weighted by Crippen LogP contribution is -2.42. The topological polar surface area (TPSA) is 32.7 Å². The van der Waals surface area contributed by atoms with Gasteiger partial charge in [0, 0.05) is 5.92 Å². The molecular weight excluding hydrogens is 353 g/mol. The summed E-state index contributed by atoms with van der Waals surface area (Å²) in [5, 5.41) is 11.5. The Labute approximate surface area is 168 Å². The summed E-state index contributed by atoms with van der Waals surface area (Å²) < 4.78 is 19.1. The van der Waals surface area contributed by atoms with Crippen LogP contribution in [0, 0.1) is 5.82 Å². The average molecular weight is 386 g/mol. The number of halogens is 1. The Morgan fingerprint density at radius 1 is 1.07 bits per heavy atom. The highest BCUT2D eigenvalue weighted by molar-refractivity contribution is 5.23. The van der Waals surface area contributed by atoms with E-state index in [1.165, 1.54) is 17.7 Å². The number of benzene rings is 2. The SMILES string of the molecule is CN(C)CCC(c1ccccc1)C1(O)CCC(OCc2ccc(F)cc2)CC1. The maximum Gasteiger partial charge on any atom is 0.123 e. The molecule has 2 aromatic rings. The molecule has 3 rings (SSSR count). The van der Waals surface area contributed by atoms with Crippen LogP contribution in [0.5, 0.6) is 0 Å². The van der Waals surface area contributed by atoms with E-state index in [0.717, 1.165) is 44.2 Å². The molecule has 0 aliphatic heterocycles. The fourth-order valence-corrected chi connectivity index (χ4v) is 4.22. The summed E-state index contributed by atoms with van der Waals surface area (Å²) in [5.41, 5.74) is 1.51. The molecule has 0 aromatic heterocycles. The summed E-state index contributed by atoms with van der Waals surface area (Å²) in [5.74, 6) is -0.0923. The number of rotatable bonds is 8. The summed E-state index contributed by atoms with van der Waals surface area (Å²) in [6.45, 7) is 1.44. The Balaban J connectivity index is 1.59. The highest BCUT2D eigenvalue weighted by atomic mass is 19.1. The molecule has 4 heteroatoms. The van der Waals surface area contributed by atoms with Gasteiger partial charge in [0.05, 0.1) is 18.3 Å². The molecule has 1 atom stereocenters. The van der Waals surface area contributed by atoms with Crippen molar-refractivity contribution in [3.63, 3.8) is 0 Å². The van der Waals surface area contributed by atoms with Crippen LogP contribution in [0.4, 0.5) is 4.39 Å². The van der Waals surface area contributed by atoms with Gasteiger partial charge in [-0.05, 0) is 76.0 Å². The molecule has 1 unspecified atom stereocenters. The Morgan fingerprint density at radius 2 is 1.71 bits per heavy atom. The Morgan fingerprint density at radius 3 is 2.32 bits per heavy atom. The lowest BCUT2D eigenvalue weighted by Gasteiger charge is -2.42. The van der Waals surface area contributed by atoms with Crippen molar-refractivity contribution >= 4 is 0 Å². The van der Waals surface area contributed by atoms with E-state index in [4.69, 9.17) is 4.74 Å². The fourth-order valence-electron chi connectivity index (χ4n) is 4.22. The normalized spacial score (nSPS) is 23.7. The Hall–Kier alpha value is -1.75. The third-order valence-corrected chi connectivity index (χ3v) is 5.91. The second-order valence-electron chi connectivity index (χ2n) is 8.30. The summed E-state index contributed by atoms with van der Waals surface area (Å²) in [7, 11) is 4.15. The quantitative estimate of drug-likeness (QED) is 0.712. The molecule has 0 spiro atoms. The van der Waals surface area contributed by atoms with Crippen molar-refractivity contribution in [2.24, 2.45) is 0 Å². The molecule has 1 aliphatic carbocycles. The van der Waals surface area contributed by atoms with E-state index in [-0.39, 0.29) is 17.8 Å². The first-order valence-electron chi connectivity index (χ1n) is 10.2. The van der Waals surface area contributed by atoms with Gasteiger partial charge in [-0.2, -0.15) is 0 Å². The zero-order chi connectivity index (χ0) is 20.0. The van der Waals surface area contributed by atoms with Gasteiger partial charge in [0.25, 0.3) is 0 Å². The molecule has 1 fully saturated rings. The van der Waals surface area contributed by atoms with Crippen molar-refractivity contribution in [1.29, 1.82) is 0 Å². The van der Waals surface area contributed by atoms with Crippen LogP contribution >= 0.6 is 0 Å². The Bertz CT molecular complexity index is 709. The zero-order valence-corrected chi connectivity index (χ0v) is 17.0. The number of aliphatic hydroxyl groups is 1. The molecular formula is C24H32FNO2. The first kappa shape index (κ1) is 21.0. The molecule has 0 radical (unpaired) electrons. The van der Waals surface area contributed by atoms with Gasteiger partial charge in [-0.15, -0.1) is 0 Å². The zero-order valence-electron chi connectivity index (χ0n) is 17.0. The first-order valence-corrected chi connectivity index (χ1v) is 10.2. The third-order valence-electron chi connectivity index (χ3n) is 5.91. The van der Waals surface area contributed by atoms with Crippen LogP contribution in [-0.2, 0) is 11.3 Å². The largest absolute Gasteiger partial charge is 0.389 e. The predicted molar refractivity (Wildman–Crippen MR) is 111 cm³/mol. The van der Waals surface area contributed by atoms with Gasteiger partial charge < -0.3 is 14.7 Å². The van der Waals surface area contributed by atoms with Crippen LogP contribution < -0.4 is 0 Å². The number of ether oxygens (including phenoxy) is 1. The second-order valence-corrected chi connectivity index (χ2v) is 8.30. The predicted octanol–water partition coefficient (Wildman–Crippen LogP) is 4.75. The van der Waals surface area contributed by atoms with Gasteiger partial charge in [0.1, 0.15) is 5.82 Å². The number of hydrogen-bond acceptors (Lipinski definition) is 3. The third kappa shape index (κ3) is 5.63. The minimum atomic E-state index is -0.687. The van der Waals surface area contributed by atoms with Gasteiger partial charge >= 0.3 is 0 Å². The highest BCUT2D eigenvalue weighted by Gasteiger charge is 2.40. The van der Waals surface area contributed by atoms with Crippen molar-refractivity contribution in [3.05, 3.63) is 71.5 Å². The van der Waals surface area contributed by atoms with E-state index >= 15 is 0 Å². The molecule has 28 heavy (non-hydrogen) atoms. The van der Waals surface area contributed by atoms with E-state index in [0.29, 0.717) is 6.61 Å². The summed E-state index contributed by atoms with van der Waals surface area (Å²) in [4.78, 5) is 2.18. The average Bonchev–Trinajstić information content (AvgIpc) is 2.69. The summed E-state index contributed by atoms with van der Waals surface area (Å²) in [6, 6.07) is 16.9. The summed E-state index contributed by atoms with van der Waals surface area (Å²) in [6.07, 6.45) is 4.28. The van der Waals surface area contributed by atoms with Gasteiger partial charge in [0.2, 0.25) is 0 Å². The fraction of sp³-hybridized carbons (Fsp3) is 0.500. The Kier molecular flexibility index (Phi) is 7.22. The molecule has 2 aromatic carbocycles. The monoisotopic (exact) mass is 385 g/mol. The maximum absolute atomic E-state index is 13.0. The molecule has 1 saturated carbocycles. The van der Waals surface area contributed by atoms with Crippen molar-refractivity contribution in [2.45, 2.75) is 56.3 Å². The van der Waals surface area contributed by atoms with Crippen LogP contribution in [0.3, 0.4) is 0 Å². The standard InChI is InChI=1S/C24H32FNO2/c1-26(2)17-14-23(20-6-4-3-5-7-20)24(27)15-12-22(13-16-24)28-18-19-8-10-21(25)11-9-19/h3-11,22-23,27H,12-18H2,1-2H3. The molecule has 3 nitrogen and oxygen atoms in total. The molecule has 0 amide bonds. The maximum atomic E-state index is 13.0.